The molecule has 24 heavy (non-hydrogen) atoms. The molecule has 0 atom stereocenters. The monoisotopic (exact) mass is 326 g/mol. The van der Waals surface area contributed by atoms with E-state index in [1.807, 2.05) is 42.5 Å². The van der Waals surface area contributed by atoms with Gasteiger partial charge in [-0.3, -0.25) is 0 Å². The minimum absolute atomic E-state index is 0.161. The van der Waals surface area contributed by atoms with Crippen LogP contribution in [-0.4, -0.2) is 15.6 Å². The molecule has 0 spiro atoms. The zero-order valence-electron chi connectivity index (χ0n) is 12.6. The van der Waals surface area contributed by atoms with Crippen LogP contribution in [0.5, 0.6) is 0 Å². The molecule has 2 heterocycles. The van der Waals surface area contributed by atoms with E-state index in [4.69, 9.17) is 0 Å². The lowest BCUT2D eigenvalue weighted by molar-refractivity contribution is -0.127. The van der Waals surface area contributed by atoms with Crippen molar-refractivity contribution in [2.75, 3.05) is 0 Å². The predicted molar refractivity (Wildman–Crippen MR) is 87.9 cm³/mol. The summed E-state index contributed by atoms with van der Waals surface area (Å²) in [6.07, 6.45) is -3.69. The van der Waals surface area contributed by atoms with Crippen LogP contribution in [0.4, 0.5) is 13.2 Å². The molecule has 0 unspecified atom stereocenters. The smallest absolute Gasteiger partial charge is 0.303 e. The zero-order chi connectivity index (χ0) is 16.7. The summed E-state index contributed by atoms with van der Waals surface area (Å²) in [6.45, 7) is 0. The first kappa shape index (κ1) is 14.8. The van der Waals surface area contributed by atoms with E-state index in [9.17, 15) is 13.2 Å². The number of aromatic nitrogens is 2. The molecular formula is C19H13F3N2. The second-order valence-electron chi connectivity index (χ2n) is 5.69. The fraction of sp³-hybridized carbons (Fsp3) is 0.105. The summed E-state index contributed by atoms with van der Waals surface area (Å²) in [6, 6.07) is 18.6. The Morgan fingerprint density at radius 3 is 2.42 bits per heavy atom. The van der Waals surface area contributed by atoms with Crippen molar-refractivity contribution in [3.05, 3.63) is 72.6 Å². The van der Waals surface area contributed by atoms with Gasteiger partial charge in [0.05, 0.1) is 17.8 Å². The Balaban J connectivity index is 1.95. The van der Waals surface area contributed by atoms with Crippen LogP contribution in [-0.2, 0) is 6.42 Å². The molecule has 2 nitrogen and oxygen atoms in total. The van der Waals surface area contributed by atoms with Crippen LogP contribution in [0.2, 0.25) is 0 Å². The van der Waals surface area contributed by atoms with E-state index in [1.165, 1.54) is 4.40 Å². The predicted octanol–water partition coefficient (Wildman–Crippen LogP) is 5.26. The van der Waals surface area contributed by atoms with Gasteiger partial charge in [-0.15, -0.1) is 0 Å². The van der Waals surface area contributed by atoms with Gasteiger partial charge in [-0.25, -0.2) is 4.98 Å². The standard InChI is InChI=1S/C19H13F3N2/c20-19(21,22)12-16-18(23-17-7-3-4-10-24(16)17)15-9-8-13-5-1-2-6-14(13)11-15/h1-11H,12H2. The van der Waals surface area contributed by atoms with E-state index < -0.39 is 12.6 Å². The highest BCUT2D eigenvalue weighted by molar-refractivity contribution is 5.87. The Kier molecular flexibility index (Phi) is 3.30. The first-order chi connectivity index (χ1) is 11.5. The van der Waals surface area contributed by atoms with E-state index in [1.54, 1.807) is 24.4 Å². The molecule has 0 aliphatic heterocycles. The first-order valence-corrected chi connectivity index (χ1v) is 7.53. The zero-order valence-corrected chi connectivity index (χ0v) is 12.6. The van der Waals surface area contributed by atoms with Crippen molar-refractivity contribution in [3.63, 3.8) is 0 Å². The first-order valence-electron chi connectivity index (χ1n) is 7.53. The SMILES string of the molecule is FC(F)(F)Cc1c(-c2ccc3ccccc3c2)nc2ccccn12. The summed E-state index contributed by atoms with van der Waals surface area (Å²) in [5, 5.41) is 2.02. The van der Waals surface area contributed by atoms with Crippen LogP contribution in [0.15, 0.2) is 66.9 Å². The van der Waals surface area contributed by atoms with Crippen LogP contribution in [0.3, 0.4) is 0 Å². The Hall–Kier alpha value is -2.82. The van der Waals surface area contributed by atoms with Gasteiger partial charge in [-0.2, -0.15) is 13.2 Å². The fourth-order valence-corrected chi connectivity index (χ4v) is 2.97. The lowest BCUT2D eigenvalue weighted by Crippen LogP contribution is -2.14. The summed E-state index contributed by atoms with van der Waals surface area (Å²) in [7, 11) is 0. The molecule has 0 N–H and O–H groups in total. The van der Waals surface area contributed by atoms with Gasteiger partial charge in [0.25, 0.3) is 0 Å². The highest BCUT2D eigenvalue weighted by Crippen LogP contribution is 2.31. The van der Waals surface area contributed by atoms with E-state index >= 15 is 0 Å². The number of pyridine rings is 1. The van der Waals surface area contributed by atoms with Gasteiger partial charge in [0.15, 0.2) is 0 Å². The topological polar surface area (TPSA) is 17.3 Å². The van der Waals surface area contributed by atoms with Crippen molar-refractivity contribution in [2.24, 2.45) is 0 Å². The van der Waals surface area contributed by atoms with Crippen molar-refractivity contribution in [2.45, 2.75) is 12.6 Å². The molecule has 0 bridgehead atoms. The van der Waals surface area contributed by atoms with Crippen LogP contribution < -0.4 is 0 Å². The van der Waals surface area contributed by atoms with E-state index in [-0.39, 0.29) is 5.69 Å². The van der Waals surface area contributed by atoms with Gasteiger partial charge in [-0.05, 0) is 29.0 Å². The Morgan fingerprint density at radius 1 is 0.875 bits per heavy atom. The van der Waals surface area contributed by atoms with Gasteiger partial charge in [-0.1, -0.05) is 42.5 Å². The van der Waals surface area contributed by atoms with Crippen molar-refractivity contribution >= 4 is 16.4 Å². The molecule has 120 valence electrons. The summed E-state index contributed by atoms with van der Waals surface area (Å²) in [4.78, 5) is 4.44. The average molecular weight is 326 g/mol. The highest BCUT2D eigenvalue weighted by Gasteiger charge is 2.31. The molecule has 0 aliphatic rings. The summed E-state index contributed by atoms with van der Waals surface area (Å²) in [5.74, 6) is 0. The number of hydrogen-bond acceptors (Lipinski definition) is 1. The molecule has 0 amide bonds. The van der Waals surface area contributed by atoms with Gasteiger partial charge in [0, 0.05) is 11.8 Å². The van der Waals surface area contributed by atoms with Crippen LogP contribution in [0, 0.1) is 0 Å². The summed E-state index contributed by atoms with van der Waals surface area (Å²) in [5.41, 5.74) is 1.74. The van der Waals surface area contributed by atoms with Gasteiger partial charge in [0.2, 0.25) is 0 Å². The molecule has 4 aromatic rings. The number of imidazole rings is 1. The van der Waals surface area contributed by atoms with Crippen molar-refractivity contribution in [1.82, 2.24) is 9.38 Å². The lowest BCUT2D eigenvalue weighted by atomic mass is 10.0. The molecule has 0 saturated heterocycles. The molecular weight excluding hydrogens is 313 g/mol. The molecule has 4 rings (SSSR count). The minimum Gasteiger partial charge on any atom is -0.303 e. The van der Waals surface area contributed by atoms with Crippen molar-refractivity contribution in [1.29, 1.82) is 0 Å². The van der Waals surface area contributed by atoms with Gasteiger partial charge in [0.1, 0.15) is 5.65 Å². The number of hydrogen-bond donors (Lipinski definition) is 0. The molecule has 0 radical (unpaired) electrons. The maximum absolute atomic E-state index is 13.1. The number of nitrogens with zero attached hydrogens (tertiary/aromatic N) is 2. The second kappa shape index (κ2) is 5.37. The number of alkyl halides is 3. The quantitative estimate of drug-likeness (QED) is 0.491. The van der Waals surface area contributed by atoms with Crippen LogP contribution >= 0.6 is 0 Å². The molecule has 2 aromatic heterocycles. The third kappa shape index (κ3) is 2.62. The van der Waals surface area contributed by atoms with Gasteiger partial charge >= 0.3 is 6.18 Å². The number of benzene rings is 2. The molecule has 0 aliphatic carbocycles. The Morgan fingerprint density at radius 2 is 1.62 bits per heavy atom. The minimum atomic E-state index is -4.29. The number of fused-ring (bicyclic) bond motifs is 2. The fourth-order valence-electron chi connectivity index (χ4n) is 2.97. The average Bonchev–Trinajstić information content (AvgIpc) is 2.91. The van der Waals surface area contributed by atoms with Crippen molar-refractivity contribution in [3.8, 4) is 11.3 Å². The molecule has 5 heteroatoms. The lowest BCUT2D eigenvalue weighted by Gasteiger charge is -2.09. The number of rotatable bonds is 2. The second-order valence-corrected chi connectivity index (χ2v) is 5.69. The maximum atomic E-state index is 13.1. The van der Waals surface area contributed by atoms with Crippen molar-refractivity contribution < 1.29 is 13.2 Å². The normalized spacial score (nSPS) is 12.1. The Bertz CT molecular complexity index is 1030. The third-order valence-electron chi connectivity index (χ3n) is 4.02. The Labute approximate surface area is 136 Å². The molecule has 0 fully saturated rings. The largest absolute Gasteiger partial charge is 0.394 e. The highest BCUT2D eigenvalue weighted by atomic mass is 19.4. The van der Waals surface area contributed by atoms with Gasteiger partial charge < -0.3 is 4.40 Å². The third-order valence-corrected chi connectivity index (χ3v) is 4.02. The summed E-state index contributed by atoms with van der Waals surface area (Å²) >= 11 is 0. The van der Waals surface area contributed by atoms with E-state index in [0.29, 0.717) is 16.9 Å². The van der Waals surface area contributed by atoms with E-state index in [2.05, 4.69) is 4.98 Å². The molecule has 0 saturated carbocycles. The number of halogens is 3. The van der Waals surface area contributed by atoms with Crippen LogP contribution in [0.1, 0.15) is 5.69 Å². The van der Waals surface area contributed by atoms with Crippen LogP contribution in [0.25, 0.3) is 27.7 Å². The summed E-state index contributed by atoms with van der Waals surface area (Å²) < 4.78 is 40.7. The molecule has 2 aromatic carbocycles. The van der Waals surface area contributed by atoms with E-state index in [0.717, 1.165) is 10.8 Å². The maximum Gasteiger partial charge on any atom is 0.394 e.